The molecule has 3 aromatic rings. The monoisotopic (exact) mass is 1050 g/mol. The van der Waals surface area contributed by atoms with E-state index in [0.29, 0.717) is 0 Å². The fourth-order valence-electron chi connectivity index (χ4n) is 10.8. The number of likely N-dealkylation sites (N-methyl/N-ethyl adjacent to an activating group) is 2. The van der Waals surface area contributed by atoms with E-state index in [-0.39, 0.29) is 73.0 Å². The normalized spacial score (nSPS) is 22.9. The maximum absolute atomic E-state index is 14.7. The van der Waals surface area contributed by atoms with E-state index in [2.05, 4.69) is 59.7 Å². The highest BCUT2D eigenvalue weighted by Crippen LogP contribution is 2.34. The van der Waals surface area contributed by atoms with Crippen LogP contribution in [-0.2, 0) is 41.6 Å². The highest BCUT2D eigenvalue weighted by atomic mass is 16.2. The molecule has 76 heavy (non-hydrogen) atoms. The number of carbonyl (C=O) groups excluding carboxylic acids is 8. The molecule has 8 N–H and O–H groups in total. The molecule has 0 saturated carbocycles. The molecule has 0 spiro atoms. The molecule has 1 unspecified atom stereocenters. The molecule has 19 heteroatoms. The van der Waals surface area contributed by atoms with Crippen molar-refractivity contribution in [3.05, 3.63) is 100 Å². The maximum Gasteiger partial charge on any atom is 0.270 e. The van der Waals surface area contributed by atoms with Gasteiger partial charge in [-0.2, -0.15) is 0 Å². The smallest absolute Gasteiger partial charge is 0.270 e. The van der Waals surface area contributed by atoms with Gasteiger partial charge in [-0.15, -0.1) is 0 Å². The predicted octanol–water partition coefficient (Wildman–Crippen LogP) is 3.15. The fraction of sp³-hybridized carbons (Fsp3) is 0.561. The lowest BCUT2D eigenvalue weighted by molar-refractivity contribution is -0.144. The minimum atomic E-state index is -1.01. The Morgan fingerprint density at radius 3 is 1.29 bits per heavy atom. The summed E-state index contributed by atoms with van der Waals surface area (Å²) in [5, 5.41) is 24.0. The first-order valence-corrected chi connectivity index (χ1v) is 26.9. The average Bonchev–Trinajstić information content (AvgIpc) is 4.03. The van der Waals surface area contributed by atoms with Crippen LogP contribution in [0.2, 0.25) is 0 Å². The molecule has 2 saturated heterocycles. The van der Waals surface area contributed by atoms with Crippen molar-refractivity contribution < 1.29 is 38.4 Å². The van der Waals surface area contributed by atoms with Crippen molar-refractivity contribution in [1.29, 1.82) is 0 Å². The number of benzene rings is 2. The van der Waals surface area contributed by atoms with Crippen molar-refractivity contribution in [3.8, 4) is 0 Å². The number of hydrogen-bond donors (Lipinski definition) is 8. The molecule has 2 fully saturated rings. The molecule has 8 amide bonds. The first-order chi connectivity index (χ1) is 36.0. The molecular formula is C57H79N11O8. The van der Waals surface area contributed by atoms with Crippen molar-refractivity contribution in [1.82, 2.24) is 57.3 Å². The van der Waals surface area contributed by atoms with Gasteiger partial charge in [0.25, 0.3) is 11.8 Å². The summed E-state index contributed by atoms with van der Waals surface area (Å²) in [4.78, 5) is 120. The second kappa shape index (κ2) is 24.1. The molecular weight excluding hydrogens is 967 g/mol. The van der Waals surface area contributed by atoms with Crippen LogP contribution in [0.1, 0.15) is 149 Å². The van der Waals surface area contributed by atoms with Crippen LogP contribution in [0.15, 0.2) is 66.7 Å². The largest absolute Gasteiger partial charge is 0.347 e. The van der Waals surface area contributed by atoms with E-state index in [1.54, 1.807) is 27.9 Å². The van der Waals surface area contributed by atoms with E-state index in [0.717, 1.165) is 60.8 Å². The second-order valence-corrected chi connectivity index (χ2v) is 23.2. The zero-order valence-electron chi connectivity index (χ0n) is 45.8. The van der Waals surface area contributed by atoms with Gasteiger partial charge in [0.1, 0.15) is 35.6 Å². The van der Waals surface area contributed by atoms with Crippen LogP contribution in [0.25, 0.3) is 0 Å². The Labute approximate surface area is 447 Å². The van der Waals surface area contributed by atoms with Crippen LogP contribution >= 0.6 is 0 Å². The minimum absolute atomic E-state index is 0.0404. The third-order valence-electron chi connectivity index (χ3n) is 15.5. The molecule has 410 valence electrons. The van der Waals surface area contributed by atoms with Gasteiger partial charge in [0, 0.05) is 25.2 Å². The Kier molecular flexibility index (Phi) is 18.1. The number of amides is 8. The number of hydrogen-bond acceptors (Lipinski definition) is 11. The molecule has 1 aromatic heterocycles. The predicted molar refractivity (Wildman–Crippen MR) is 287 cm³/mol. The molecule has 2 aliphatic carbocycles. The van der Waals surface area contributed by atoms with Gasteiger partial charge in [0.2, 0.25) is 35.4 Å². The average molecular weight is 1050 g/mol. The van der Waals surface area contributed by atoms with Crippen LogP contribution in [0.5, 0.6) is 0 Å². The van der Waals surface area contributed by atoms with Gasteiger partial charge in [0.15, 0.2) is 0 Å². The Morgan fingerprint density at radius 1 is 0.539 bits per heavy atom. The number of rotatable bonds is 16. The number of aryl methyl sites for hydroxylation is 2. The van der Waals surface area contributed by atoms with Crippen molar-refractivity contribution in [2.24, 2.45) is 10.8 Å². The lowest BCUT2D eigenvalue weighted by atomic mass is 9.85. The molecule has 2 aromatic carbocycles. The molecule has 10 atom stereocenters. The van der Waals surface area contributed by atoms with E-state index < -0.39 is 82.8 Å². The first-order valence-electron chi connectivity index (χ1n) is 26.9. The van der Waals surface area contributed by atoms with Crippen LogP contribution in [0.4, 0.5) is 0 Å². The van der Waals surface area contributed by atoms with Crippen molar-refractivity contribution in [3.63, 3.8) is 0 Å². The Balaban J connectivity index is 1.09. The summed E-state index contributed by atoms with van der Waals surface area (Å²) >= 11 is 0. The van der Waals surface area contributed by atoms with E-state index in [4.69, 9.17) is 0 Å². The molecule has 4 aliphatic rings. The van der Waals surface area contributed by atoms with Gasteiger partial charge in [-0.25, -0.2) is 4.98 Å². The van der Waals surface area contributed by atoms with E-state index in [1.165, 1.54) is 28.0 Å². The van der Waals surface area contributed by atoms with E-state index in [9.17, 15) is 38.4 Å². The van der Waals surface area contributed by atoms with Gasteiger partial charge in [-0.1, -0.05) is 96.1 Å². The third kappa shape index (κ3) is 13.3. The lowest BCUT2D eigenvalue weighted by Gasteiger charge is -2.36. The number of nitrogens with zero attached hydrogens (tertiary/aromatic N) is 3. The quantitative estimate of drug-likeness (QED) is 0.104. The molecule has 0 radical (unpaired) electrons. The molecule has 3 heterocycles. The summed E-state index contributed by atoms with van der Waals surface area (Å²) < 4.78 is 0. The van der Waals surface area contributed by atoms with Gasteiger partial charge in [0.05, 0.1) is 24.2 Å². The van der Waals surface area contributed by atoms with Gasteiger partial charge >= 0.3 is 0 Å². The summed E-state index contributed by atoms with van der Waals surface area (Å²) in [6, 6.07) is 13.2. The number of aromatic nitrogens is 1. The van der Waals surface area contributed by atoms with Crippen LogP contribution < -0.4 is 42.5 Å². The number of fused-ring (bicyclic) bond motifs is 2. The topological polar surface area (TPSA) is 252 Å². The van der Waals surface area contributed by atoms with Gasteiger partial charge < -0.3 is 52.3 Å². The van der Waals surface area contributed by atoms with Gasteiger partial charge in [-0.3, -0.25) is 38.4 Å². The summed E-state index contributed by atoms with van der Waals surface area (Å²) in [5.41, 5.74) is 2.67. The molecule has 2 aliphatic heterocycles. The number of likely N-dealkylation sites (tertiary alicyclic amines) is 2. The summed E-state index contributed by atoms with van der Waals surface area (Å²) in [6.07, 6.45) is 5.13. The van der Waals surface area contributed by atoms with Crippen molar-refractivity contribution >= 4 is 47.3 Å². The molecule has 0 bridgehead atoms. The number of carbonyl (C=O) groups is 8. The number of pyridine rings is 1. The number of nitrogens with one attached hydrogen (secondary N) is 8. The standard InChI is InChI=1S/C57H79N11O8/c1-32(58-9)48(69)65-46(56(3,4)5)54(75)67-30-36(28-44(67)52(73)63-40-24-15-20-34-18-11-13-22-38(34)40)60-50(71)42-26-17-27-43(62-42)51(72)61-37-29-45(53(74)64-41-25-16-21-35-19-12-14-23-39(35)41)68(31-37)55(76)47(57(6,7)8)66-49(70)33(2)59-10/h11-14,17-19,22-23,26-27,32-33,36-37,40-41,44-47,58-59H,15-16,20-21,24-25,28-31H2,1-10H3,(H,60,71)(H,61,72)(H,63,73)(H,64,74)(H,65,69)(H,66,70)/t32-,33-,36-,37-,40+,41?,44-,45-,46+,47+/m0/s1. The Morgan fingerprint density at radius 2 is 0.921 bits per heavy atom. The SMILES string of the molecule is CN[C@@H](C)C(=O)N[C@H](C(=O)N1C[C@@H](NC(=O)c2cccc(C(=O)N[C@H]3C[C@@H](C(=O)N[C@@H]4CCCc5ccccc54)N(C(=O)[C@@H](NC(=O)[C@H](C)NC)C(C)(C)C)C3)n2)C[C@H]1C(=O)NC1CCCc2ccccc21)C(C)(C)C. The van der Waals surface area contributed by atoms with Crippen LogP contribution in [0, 0.1) is 10.8 Å². The van der Waals surface area contributed by atoms with E-state index >= 15 is 0 Å². The first kappa shape index (κ1) is 57.0. The fourth-order valence-corrected chi connectivity index (χ4v) is 10.8. The lowest BCUT2D eigenvalue weighted by Crippen LogP contribution is -2.59. The zero-order chi connectivity index (χ0) is 55.2. The van der Waals surface area contributed by atoms with Gasteiger partial charge in [-0.05, 0) is 125 Å². The zero-order valence-corrected chi connectivity index (χ0v) is 45.8. The van der Waals surface area contributed by atoms with Crippen LogP contribution in [0.3, 0.4) is 0 Å². The van der Waals surface area contributed by atoms with Crippen LogP contribution in [-0.4, -0.2) is 138 Å². The second-order valence-electron chi connectivity index (χ2n) is 23.2. The van der Waals surface area contributed by atoms with Crippen molar-refractivity contribution in [2.75, 3.05) is 27.2 Å². The molecule has 19 nitrogen and oxygen atoms in total. The van der Waals surface area contributed by atoms with Crippen molar-refractivity contribution in [2.45, 2.75) is 167 Å². The maximum atomic E-state index is 14.7. The van der Waals surface area contributed by atoms with E-state index in [1.807, 2.05) is 77.9 Å². The molecule has 7 rings (SSSR count). The summed E-state index contributed by atoms with van der Waals surface area (Å²) in [5.74, 6) is -3.72. The summed E-state index contributed by atoms with van der Waals surface area (Å²) in [7, 11) is 3.29. The third-order valence-corrected chi connectivity index (χ3v) is 15.5. The minimum Gasteiger partial charge on any atom is -0.347 e. The highest BCUT2D eigenvalue weighted by Gasteiger charge is 2.48. The summed E-state index contributed by atoms with van der Waals surface area (Å²) in [6.45, 7) is 14.3. The Bertz CT molecular complexity index is 2490. The highest BCUT2D eigenvalue weighted by molar-refractivity contribution is 5.98. The Hall–Kier alpha value is -6.73.